The molecule has 1 aliphatic heterocycles. The zero-order valence-electron chi connectivity index (χ0n) is 17.3. The van der Waals surface area contributed by atoms with Crippen LogP contribution < -0.4 is 15.0 Å². The minimum Gasteiger partial charge on any atom is -0.494 e. The number of pyridine rings is 1. The Morgan fingerprint density at radius 1 is 1.20 bits per heavy atom. The van der Waals surface area contributed by atoms with E-state index in [2.05, 4.69) is 37.9 Å². The number of amides is 1. The third-order valence-electron chi connectivity index (χ3n) is 5.38. The number of benzene rings is 1. The van der Waals surface area contributed by atoms with Gasteiger partial charge in [-0.15, -0.1) is 0 Å². The van der Waals surface area contributed by atoms with Crippen molar-refractivity contribution in [3.8, 4) is 17.1 Å². The largest absolute Gasteiger partial charge is 0.494 e. The standard InChI is InChI=1S/C20H24B2N6O2/c1-30-19-13-14(27-9-11-28(22-21)12-10-27)5-6-17(19)25-20(29)18-4-2-3-15(24-18)16-7-8-23-26-16/h2-8,13,22H,9-12,21H2,1H3,(H,23,26)(H,25,29). The number of carbonyl (C=O) groups is 1. The van der Waals surface area contributed by atoms with E-state index in [1.807, 2.05) is 30.3 Å². The van der Waals surface area contributed by atoms with E-state index >= 15 is 0 Å². The van der Waals surface area contributed by atoms with Gasteiger partial charge in [-0.2, -0.15) is 5.10 Å². The molecular formula is C20H24B2N6O2. The third-order valence-corrected chi connectivity index (χ3v) is 5.38. The first-order valence-corrected chi connectivity index (χ1v) is 10.1. The molecule has 0 atom stereocenters. The first-order chi connectivity index (χ1) is 14.7. The number of carbonyl (C=O) groups excluding carboxylic acids is 1. The lowest BCUT2D eigenvalue weighted by molar-refractivity contribution is 0.102. The monoisotopic (exact) mass is 402 g/mol. The van der Waals surface area contributed by atoms with Crippen LogP contribution in [0.2, 0.25) is 0 Å². The summed E-state index contributed by atoms with van der Waals surface area (Å²) >= 11 is 0. The Bertz CT molecular complexity index is 1010. The van der Waals surface area contributed by atoms with Crippen molar-refractivity contribution in [2.45, 2.75) is 0 Å². The summed E-state index contributed by atoms with van der Waals surface area (Å²) in [5, 5.41) is 9.71. The molecule has 0 saturated carbocycles. The highest BCUT2D eigenvalue weighted by Gasteiger charge is 2.18. The van der Waals surface area contributed by atoms with Gasteiger partial charge in [0.25, 0.3) is 5.91 Å². The van der Waals surface area contributed by atoms with Gasteiger partial charge in [-0.05, 0) is 30.3 Å². The Kier molecular flexibility index (Phi) is 6.04. The lowest BCUT2D eigenvalue weighted by atomic mass is 9.65. The SMILES string of the molecule is BBN1CCN(c2ccc(NC(=O)c3cccc(-c4ccn[nH]4)n3)c(OC)c2)CC1. The molecule has 3 aromatic rings. The van der Waals surface area contributed by atoms with Gasteiger partial charge in [-0.1, -0.05) is 6.07 Å². The summed E-state index contributed by atoms with van der Waals surface area (Å²) in [6.45, 7) is 4.06. The van der Waals surface area contributed by atoms with Crippen LogP contribution in [-0.2, 0) is 0 Å². The van der Waals surface area contributed by atoms with Gasteiger partial charge in [0.05, 0.1) is 31.9 Å². The number of hydrogen-bond acceptors (Lipinski definition) is 6. The molecule has 3 heterocycles. The minimum atomic E-state index is -0.293. The van der Waals surface area contributed by atoms with E-state index in [-0.39, 0.29) is 5.91 Å². The molecule has 0 radical (unpaired) electrons. The van der Waals surface area contributed by atoms with Gasteiger partial charge in [0.15, 0.2) is 7.31 Å². The van der Waals surface area contributed by atoms with Crippen molar-refractivity contribution >= 4 is 32.3 Å². The molecule has 0 spiro atoms. The number of rotatable bonds is 6. The Morgan fingerprint density at radius 2 is 2.03 bits per heavy atom. The first kappa shape index (κ1) is 20.0. The normalized spacial score (nSPS) is 14.4. The van der Waals surface area contributed by atoms with Gasteiger partial charge in [0.1, 0.15) is 11.4 Å². The lowest BCUT2D eigenvalue weighted by Crippen LogP contribution is -2.47. The summed E-state index contributed by atoms with van der Waals surface area (Å²) in [6.07, 6.45) is 1.65. The lowest BCUT2D eigenvalue weighted by Gasteiger charge is -2.36. The van der Waals surface area contributed by atoms with Crippen LogP contribution >= 0.6 is 0 Å². The fourth-order valence-corrected chi connectivity index (χ4v) is 3.60. The highest BCUT2D eigenvalue weighted by Crippen LogP contribution is 2.30. The molecule has 2 N–H and O–H groups in total. The number of hydrogen-bond donors (Lipinski definition) is 2. The quantitative estimate of drug-likeness (QED) is 0.593. The molecule has 1 fully saturated rings. The Hall–Kier alpha value is -3.26. The van der Waals surface area contributed by atoms with Crippen molar-refractivity contribution in [2.75, 3.05) is 43.5 Å². The minimum absolute atomic E-state index is 0.293. The summed E-state index contributed by atoms with van der Waals surface area (Å²) in [5.41, 5.74) is 3.46. The van der Waals surface area contributed by atoms with E-state index in [9.17, 15) is 4.79 Å². The van der Waals surface area contributed by atoms with Crippen LogP contribution in [0.1, 0.15) is 10.5 Å². The van der Waals surface area contributed by atoms with Crippen molar-refractivity contribution < 1.29 is 9.53 Å². The van der Waals surface area contributed by atoms with E-state index in [0.29, 0.717) is 22.8 Å². The van der Waals surface area contributed by atoms with Crippen LogP contribution in [0.25, 0.3) is 11.4 Å². The molecule has 30 heavy (non-hydrogen) atoms. The Labute approximate surface area is 177 Å². The molecule has 4 rings (SSSR count). The number of ether oxygens (including phenoxy) is 1. The maximum absolute atomic E-state index is 12.8. The topological polar surface area (TPSA) is 86.4 Å². The second kappa shape index (κ2) is 9.04. The zero-order valence-corrected chi connectivity index (χ0v) is 17.3. The smallest absolute Gasteiger partial charge is 0.274 e. The number of methoxy groups -OCH3 is 1. The molecule has 8 nitrogen and oxygen atoms in total. The maximum Gasteiger partial charge on any atom is 0.274 e. The van der Waals surface area contributed by atoms with Crippen molar-refractivity contribution in [3.05, 3.63) is 54.4 Å². The summed E-state index contributed by atoms with van der Waals surface area (Å²) in [6, 6.07) is 13.0. The molecule has 1 aromatic carbocycles. The molecule has 1 amide bonds. The average Bonchev–Trinajstić information content (AvgIpc) is 3.34. The van der Waals surface area contributed by atoms with Gasteiger partial charge in [-0.3, -0.25) is 9.89 Å². The highest BCUT2D eigenvalue weighted by atomic mass is 16.5. The van der Waals surface area contributed by atoms with Crippen LogP contribution in [0, 0.1) is 0 Å². The number of aromatic amines is 1. The molecule has 0 unspecified atom stereocenters. The third kappa shape index (κ3) is 4.33. The zero-order chi connectivity index (χ0) is 20.9. The Morgan fingerprint density at radius 3 is 2.73 bits per heavy atom. The van der Waals surface area contributed by atoms with Gasteiger partial charge in [-0.25, -0.2) is 4.98 Å². The van der Waals surface area contributed by atoms with Gasteiger partial charge >= 0.3 is 0 Å². The maximum atomic E-state index is 12.8. The predicted molar refractivity (Wildman–Crippen MR) is 122 cm³/mol. The van der Waals surface area contributed by atoms with Gasteiger partial charge in [0.2, 0.25) is 0 Å². The second-order valence-electron chi connectivity index (χ2n) is 7.14. The Balaban J connectivity index is 1.49. The summed E-state index contributed by atoms with van der Waals surface area (Å²) in [5.74, 6) is 0.336. The molecule has 10 heteroatoms. The summed E-state index contributed by atoms with van der Waals surface area (Å²) in [7, 11) is 4.88. The summed E-state index contributed by atoms with van der Waals surface area (Å²) in [4.78, 5) is 22.0. The van der Waals surface area contributed by atoms with Crippen molar-refractivity contribution in [1.29, 1.82) is 0 Å². The van der Waals surface area contributed by atoms with Crippen molar-refractivity contribution in [1.82, 2.24) is 20.0 Å². The van der Waals surface area contributed by atoms with Gasteiger partial charge in [0, 0.05) is 44.1 Å². The van der Waals surface area contributed by atoms with Crippen LogP contribution in [0.5, 0.6) is 5.75 Å². The molecule has 2 aromatic heterocycles. The number of nitrogens with zero attached hydrogens (tertiary/aromatic N) is 4. The van der Waals surface area contributed by atoms with Crippen LogP contribution in [-0.4, -0.2) is 74.2 Å². The molecule has 0 aliphatic carbocycles. The predicted octanol–water partition coefficient (Wildman–Crippen LogP) is 0.754. The number of nitrogens with one attached hydrogen (secondary N) is 2. The number of anilines is 2. The number of H-pyrrole nitrogens is 1. The number of aromatic nitrogens is 3. The van der Waals surface area contributed by atoms with E-state index in [1.165, 1.54) is 0 Å². The molecule has 152 valence electrons. The van der Waals surface area contributed by atoms with E-state index in [4.69, 9.17) is 4.74 Å². The van der Waals surface area contributed by atoms with Crippen molar-refractivity contribution in [2.24, 2.45) is 0 Å². The van der Waals surface area contributed by atoms with Crippen LogP contribution in [0.4, 0.5) is 11.4 Å². The fourth-order valence-electron chi connectivity index (χ4n) is 3.60. The molecular weight excluding hydrogens is 378 g/mol. The summed E-state index contributed by atoms with van der Waals surface area (Å²) < 4.78 is 5.55. The van der Waals surface area contributed by atoms with E-state index in [0.717, 1.165) is 44.9 Å². The fraction of sp³-hybridized carbons (Fsp3) is 0.250. The molecule has 1 saturated heterocycles. The molecule has 0 bridgehead atoms. The highest BCUT2D eigenvalue weighted by molar-refractivity contribution is 6.87. The van der Waals surface area contributed by atoms with Crippen LogP contribution in [0.3, 0.4) is 0 Å². The first-order valence-electron chi connectivity index (χ1n) is 10.1. The van der Waals surface area contributed by atoms with Crippen LogP contribution in [0.15, 0.2) is 48.7 Å². The van der Waals surface area contributed by atoms with Gasteiger partial charge < -0.3 is 19.8 Å². The number of piperazine rings is 1. The second-order valence-corrected chi connectivity index (χ2v) is 7.14. The van der Waals surface area contributed by atoms with E-state index < -0.39 is 0 Å². The van der Waals surface area contributed by atoms with E-state index in [1.54, 1.807) is 25.4 Å². The van der Waals surface area contributed by atoms with Crippen molar-refractivity contribution in [3.63, 3.8) is 0 Å². The average molecular weight is 402 g/mol. The molecule has 1 aliphatic rings.